The second-order valence-corrected chi connectivity index (χ2v) is 3.81. The summed E-state index contributed by atoms with van der Waals surface area (Å²) < 4.78 is 4.98. The van der Waals surface area contributed by atoms with Crippen molar-refractivity contribution in [1.82, 2.24) is 0 Å². The van der Waals surface area contributed by atoms with Gasteiger partial charge < -0.3 is 9.84 Å². The van der Waals surface area contributed by atoms with Crippen molar-refractivity contribution in [2.45, 2.75) is 32.5 Å². The Bertz CT molecular complexity index is 556. The van der Waals surface area contributed by atoms with Crippen LogP contribution in [0.15, 0.2) is 0 Å². The highest BCUT2D eigenvalue weighted by Crippen LogP contribution is 2.20. The Hall–Kier alpha value is -2.33. The minimum absolute atomic E-state index is 0.106. The minimum atomic E-state index is -0.689. The second-order valence-electron chi connectivity index (χ2n) is 3.81. The van der Waals surface area contributed by atoms with Crippen LogP contribution in [0.25, 0.3) is 0 Å². The molecule has 90 valence electrons. The standard InChI is InChI=1S/C15H12O3/c1-12-11-15(17)18-14(12)10-8-6-4-3-5-7-9-13(2)16/h12-14,16H,11H2,1-2H3/t12-,13?,14?/m0/s1. The molecule has 0 aromatic carbocycles. The first-order chi connectivity index (χ1) is 8.59. The maximum Gasteiger partial charge on any atom is 0.307 e. The average molecular weight is 240 g/mol. The Morgan fingerprint density at radius 1 is 1.22 bits per heavy atom. The first-order valence-electron chi connectivity index (χ1n) is 5.48. The van der Waals surface area contributed by atoms with Gasteiger partial charge in [0, 0.05) is 5.92 Å². The number of carbonyl (C=O) groups excluding carboxylic acids is 1. The molecule has 1 N–H and O–H groups in total. The van der Waals surface area contributed by atoms with E-state index in [9.17, 15) is 4.79 Å². The van der Waals surface area contributed by atoms with Crippen LogP contribution in [-0.4, -0.2) is 23.3 Å². The average Bonchev–Trinajstić information content (AvgIpc) is 2.61. The fourth-order valence-electron chi connectivity index (χ4n) is 1.22. The van der Waals surface area contributed by atoms with Crippen molar-refractivity contribution in [1.29, 1.82) is 0 Å². The topological polar surface area (TPSA) is 46.5 Å². The molecule has 18 heavy (non-hydrogen) atoms. The summed E-state index contributed by atoms with van der Waals surface area (Å²) in [5.41, 5.74) is 0. The highest BCUT2D eigenvalue weighted by atomic mass is 16.5. The van der Waals surface area contributed by atoms with E-state index in [2.05, 4.69) is 47.4 Å². The van der Waals surface area contributed by atoms with Gasteiger partial charge in [0.1, 0.15) is 6.10 Å². The van der Waals surface area contributed by atoms with E-state index in [-0.39, 0.29) is 18.0 Å². The van der Waals surface area contributed by atoms with Crippen molar-refractivity contribution in [3.8, 4) is 47.4 Å². The van der Waals surface area contributed by atoms with E-state index in [0.717, 1.165) is 0 Å². The van der Waals surface area contributed by atoms with Crippen molar-refractivity contribution in [3.63, 3.8) is 0 Å². The maximum absolute atomic E-state index is 10.9. The molecule has 2 unspecified atom stereocenters. The summed E-state index contributed by atoms with van der Waals surface area (Å²) >= 11 is 0. The van der Waals surface area contributed by atoms with E-state index in [0.29, 0.717) is 6.42 Å². The highest BCUT2D eigenvalue weighted by molar-refractivity contribution is 5.72. The molecule has 0 aromatic rings. The van der Waals surface area contributed by atoms with Crippen LogP contribution in [0.3, 0.4) is 0 Å². The van der Waals surface area contributed by atoms with E-state index < -0.39 is 6.10 Å². The van der Waals surface area contributed by atoms with Crippen LogP contribution in [0, 0.1) is 53.3 Å². The van der Waals surface area contributed by atoms with Gasteiger partial charge in [0.25, 0.3) is 0 Å². The molecular formula is C15H12O3. The minimum Gasteiger partial charge on any atom is -0.449 e. The second kappa shape index (κ2) is 7.09. The zero-order valence-corrected chi connectivity index (χ0v) is 10.2. The lowest BCUT2D eigenvalue weighted by Crippen LogP contribution is -2.09. The van der Waals surface area contributed by atoms with Crippen LogP contribution < -0.4 is 0 Å². The predicted octanol–water partition coefficient (Wildman–Crippen LogP) is 0.332. The third kappa shape index (κ3) is 5.14. The smallest absolute Gasteiger partial charge is 0.307 e. The van der Waals surface area contributed by atoms with E-state index in [1.807, 2.05) is 6.92 Å². The van der Waals surface area contributed by atoms with Crippen molar-refractivity contribution >= 4 is 5.97 Å². The van der Waals surface area contributed by atoms with Gasteiger partial charge in [-0.05, 0) is 48.4 Å². The predicted molar refractivity (Wildman–Crippen MR) is 66.4 cm³/mol. The van der Waals surface area contributed by atoms with Crippen molar-refractivity contribution < 1.29 is 14.6 Å². The summed E-state index contributed by atoms with van der Waals surface area (Å²) in [7, 11) is 0. The summed E-state index contributed by atoms with van der Waals surface area (Å²) in [6.45, 7) is 3.46. The molecule has 1 saturated heterocycles. The van der Waals surface area contributed by atoms with Gasteiger partial charge in [0.2, 0.25) is 0 Å². The van der Waals surface area contributed by atoms with Crippen LogP contribution in [0.1, 0.15) is 20.3 Å². The number of hydrogen-bond acceptors (Lipinski definition) is 3. The summed E-state index contributed by atoms with van der Waals surface area (Å²) in [5.74, 6) is 20.1. The third-order valence-corrected chi connectivity index (χ3v) is 2.07. The molecule has 1 heterocycles. The highest BCUT2D eigenvalue weighted by Gasteiger charge is 2.29. The molecule has 0 aliphatic carbocycles. The van der Waals surface area contributed by atoms with Crippen LogP contribution in [0.5, 0.6) is 0 Å². The summed E-state index contributed by atoms with van der Waals surface area (Å²) in [4.78, 5) is 10.9. The molecular weight excluding hydrogens is 228 g/mol. The molecule has 1 aliphatic rings. The van der Waals surface area contributed by atoms with Crippen molar-refractivity contribution in [2.24, 2.45) is 5.92 Å². The molecule has 3 heteroatoms. The molecule has 0 bridgehead atoms. The van der Waals surface area contributed by atoms with E-state index in [1.165, 1.54) is 0 Å². The van der Waals surface area contributed by atoms with Gasteiger partial charge in [-0.3, -0.25) is 4.79 Å². The van der Waals surface area contributed by atoms with E-state index in [1.54, 1.807) is 6.92 Å². The Kier molecular flexibility index (Phi) is 5.41. The van der Waals surface area contributed by atoms with Crippen molar-refractivity contribution in [3.05, 3.63) is 0 Å². The molecule has 3 atom stereocenters. The lowest BCUT2D eigenvalue weighted by Gasteiger charge is -2.03. The van der Waals surface area contributed by atoms with Crippen LogP contribution >= 0.6 is 0 Å². The summed E-state index contributed by atoms with van der Waals surface area (Å²) in [6, 6.07) is 0. The third-order valence-electron chi connectivity index (χ3n) is 2.07. The number of rotatable bonds is 0. The number of esters is 1. The quantitative estimate of drug-likeness (QED) is 0.490. The number of aliphatic hydroxyl groups excluding tert-OH is 1. The largest absolute Gasteiger partial charge is 0.449 e. The molecule has 3 nitrogen and oxygen atoms in total. The van der Waals surface area contributed by atoms with Gasteiger partial charge in [-0.2, -0.15) is 0 Å². The number of carbonyl (C=O) groups is 1. The zero-order chi connectivity index (χ0) is 13.4. The molecule has 0 spiro atoms. The van der Waals surface area contributed by atoms with Crippen LogP contribution in [0.2, 0.25) is 0 Å². The Labute approximate surface area is 107 Å². The van der Waals surface area contributed by atoms with Crippen molar-refractivity contribution in [2.75, 3.05) is 0 Å². The Morgan fingerprint density at radius 3 is 2.39 bits per heavy atom. The number of cyclic esters (lactones) is 1. The number of hydrogen-bond donors (Lipinski definition) is 1. The zero-order valence-electron chi connectivity index (χ0n) is 10.2. The molecule has 0 radical (unpaired) electrons. The normalized spacial score (nSPS) is 21.6. The van der Waals surface area contributed by atoms with Gasteiger partial charge in [-0.15, -0.1) is 0 Å². The first-order valence-corrected chi connectivity index (χ1v) is 5.48. The number of aliphatic hydroxyl groups is 1. The lowest BCUT2D eigenvalue weighted by molar-refractivity contribution is -0.139. The molecule has 1 fully saturated rings. The molecule has 1 rings (SSSR count). The van der Waals surface area contributed by atoms with E-state index in [4.69, 9.17) is 9.84 Å². The lowest BCUT2D eigenvalue weighted by atomic mass is 10.1. The Balaban J connectivity index is 2.48. The molecule has 0 amide bonds. The number of ether oxygens (including phenoxy) is 1. The SMILES string of the molecule is CC(O)C#CC#CC#CC#CC1OC(=O)C[C@@H]1C. The fourth-order valence-corrected chi connectivity index (χ4v) is 1.22. The van der Waals surface area contributed by atoms with Gasteiger partial charge in [0.05, 0.1) is 6.42 Å². The maximum atomic E-state index is 10.9. The monoisotopic (exact) mass is 240 g/mol. The summed E-state index contributed by atoms with van der Waals surface area (Å²) in [5, 5.41) is 8.82. The van der Waals surface area contributed by atoms with Gasteiger partial charge in [-0.25, -0.2) is 0 Å². The van der Waals surface area contributed by atoms with E-state index >= 15 is 0 Å². The molecule has 0 saturated carbocycles. The molecule has 0 aromatic heterocycles. The van der Waals surface area contributed by atoms with Crippen LogP contribution in [-0.2, 0) is 9.53 Å². The van der Waals surface area contributed by atoms with Gasteiger partial charge in [-0.1, -0.05) is 12.8 Å². The molecule has 1 aliphatic heterocycles. The van der Waals surface area contributed by atoms with Crippen LogP contribution in [0.4, 0.5) is 0 Å². The van der Waals surface area contributed by atoms with Gasteiger partial charge in [0.15, 0.2) is 6.10 Å². The Morgan fingerprint density at radius 2 is 1.83 bits per heavy atom. The summed E-state index contributed by atoms with van der Waals surface area (Å²) in [6.07, 6.45) is -0.651. The fraction of sp³-hybridized carbons (Fsp3) is 0.400. The first kappa shape index (κ1) is 13.7. The van der Waals surface area contributed by atoms with Gasteiger partial charge >= 0.3 is 5.97 Å².